The van der Waals surface area contributed by atoms with E-state index in [-0.39, 0.29) is 11.3 Å². The first-order valence-corrected chi connectivity index (χ1v) is 7.18. The highest BCUT2D eigenvalue weighted by Gasteiger charge is 2.36. The molecule has 3 nitrogen and oxygen atoms in total. The van der Waals surface area contributed by atoms with Gasteiger partial charge in [0.1, 0.15) is 0 Å². The summed E-state index contributed by atoms with van der Waals surface area (Å²) in [6.45, 7) is 7.20. The van der Waals surface area contributed by atoms with Crippen LogP contribution in [0.1, 0.15) is 38.2 Å². The maximum atomic E-state index is 12.7. The van der Waals surface area contributed by atoms with Crippen molar-refractivity contribution in [1.82, 2.24) is 4.90 Å². The number of amides is 1. The van der Waals surface area contributed by atoms with E-state index in [4.69, 9.17) is 0 Å². The van der Waals surface area contributed by atoms with Crippen LogP contribution in [0.3, 0.4) is 0 Å². The summed E-state index contributed by atoms with van der Waals surface area (Å²) >= 11 is 0. The summed E-state index contributed by atoms with van der Waals surface area (Å²) in [4.78, 5) is 14.8. The molecule has 0 aliphatic carbocycles. The van der Waals surface area contributed by atoms with Gasteiger partial charge in [0.15, 0.2) is 0 Å². The van der Waals surface area contributed by atoms with E-state index in [1.54, 1.807) is 0 Å². The van der Waals surface area contributed by atoms with E-state index >= 15 is 0 Å². The van der Waals surface area contributed by atoms with Crippen LogP contribution in [-0.2, 0) is 4.79 Å². The van der Waals surface area contributed by atoms with Crippen LogP contribution in [-0.4, -0.2) is 30.4 Å². The van der Waals surface area contributed by atoms with Gasteiger partial charge in [-0.05, 0) is 29.9 Å². The first-order valence-electron chi connectivity index (χ1n) is 7.18. The number of nitrogens with zero attached hydrogens (tertiary/aromatic N) is 1. The lowest BCUT2D eigenvalue weighted by atomic mass is 9.89. The molecule has 3 heteroatoms. The lowest BCUT2D eigenvalue weighted by Crippen LogP contribution is -2.36. The van der Waals surface area contributed by atoms with Crippen molar-refractivity contribution in [2.24, 2.45) is 5.41 Å². The third-order valence-corrected chi connectivity index (χ3v) is 4.37. The average Bonchev–Trinajstić information content (AvgIpc) is 2.78. The Hall–Kier alpha value is -1.51. The van der Waals surface area contributed by atoms with Gasteiger partial charge < -0.3 is 10.2 Å². The number of hydrogen-bond donors (Lipinski definition) is 1. The van der Waals surface area contributed by atoms with Gasteiger partial charge in [-0.2, -0.15) is 0 Å². The number of likely N-dealkylation sites (tertiary alicyclic amines) is 1. The molecule has 1 unspecified atom stereocenters. The van der Waals surface area contributed by atoms with Crippen LogP contribution < -0.4 is 5.32 Å². The van der Waals surface area contributed by atoms with E-state index in [1.807, 2.05) is 12.1 Å². The summed E-state index contributed by atoms with van der Waals surface area (Å²) in [6, 6.07) is 8.21. The number of hydrogen-bond acceptors (Lipinski definition) is 2. The highest BCUT2D eigenvalue weighted by atomic mass is 16.2. The lowest BCUT2D eigenvalue weighted by Gasteiger charge is -2.30. The van der Waals surface area contributed by atoms with Gasteiger partial charge in [0.2, 0.25) is 5.91 Å². The van der Waals surface area contributed by atoms with Crippen LogP contribution >= 0.6 is 0 Å². The first kappa shape index (κ1) is 12.5. The highest BCUT2D eigenvalue weighted by Crippen LogP contribution is 2.36. The summed E-state index contributed by atoms with van der Waals surface area (Å²) in [6.07, 6.45) is 2.03. The molecular formula is C16H22N2O. The summed E-state index contributed by atoms with van der Waals surface area (Å²) in [5, 5.41) is 3.38. The maximum Gasteiger partial charge on any atom is 0.230 e. The van der Waals surface area contributed by atoms with E-state index in [0.717, 1.165) is 38.2 Å². The largest absolute Gasteiger partial charge is 0.385 e. The Morgan fingerprint density at radius 2 is 2.16 bits per heavy atom. The van der Waals surface area contributed by atoms with Crippen molar-refractivity contribution in [2.75, 3.05) is 25.0 Å². The topological polar surface area (TPSA) is 32.3 Å². The van der Waals surface area contributed by atoms with Crippen molar-refractivity contribution < 1.29 is 4.79 Å². The molecule has 2 aliphatic rings. The summed E-state index contributed by atoms with van der Waals surface area (Å²) in [7, 11) is 0. The Balaban J connectivity index is 1.82. The Morgan fingerprint density at radius 1 is 1.37 bits per heavy atom. The molecule has 2 heterocycles. The predicted molar refractivity (Wildman–Crippen MR) is 77.3 cm³/mol. The maximum absolute atomic E-state index is 12.7. The molecule has 1 atom stereocenters. The number of benzene rings is 1. The summed E-state index contributed by atoms with van der Waals surface area (Å²) in [5.41, 5.74) is 2.58. The minimum Gasteiger partial charge on any atom is -0.385 e. The molecule has 1 aromatic rings. The standard InChI is InChI=1S/C16H22N2O/c1-16(2)8-10-18(11-16)15(19)13-7-9-17-14-6-4-3-5-12(13)14/h3-6,13,17H,7-11H2,1-2H3. The van der Waals surface area contributed by atoms with Crippen LogP contribution in [0.2, 0.25) is 0 Å². The summed E-state index contributed by atoms with van der Waals surface area (Å²) < 4.78 is 0. The fraction of sp³-hybridized carbons (Fsp3) is 0.562. The molecule has 0 saturated carbocycles. The molecule has 0 radical (unpaired) electrons. The van der Waals surface area contributed by atoms with E-state index in [9.17, 15) is 4.79 Å². The predicted octanol–water partition coefficient (Wildman–Crippen LogP) is 2.84. The number of anilines is 1. The second kappa shape index (κ2) is 4.55. The smallest absolute Gasteiger partial charge is 0.230 e. The highest BCUT2D eigenvalue weighted by molar-refractivity contribution is 5.86. The van der Waals surface area contributed by atoms with Crippen molar-refractivity contribution in [3.05, 3.63) is 29.8 Å². The number of para-hydroxylation sites is 1. The van der Waals surface area contributed by atoms with Crippen LogP contribution in [0, 0.1) is 5.41 Å². The van der Waals surface area contributed by atoms with Crippen molar-refractivity contribution in [1.29, 1.82) is 0 Å². The molecule has 1 saturated heterocycles. The van der Waals surface area contributed by atoms with E-state index in [0.29, 0.717) is 5.91 Å². The fourth-order valence-corrected chi connectivity index (χ4v) is 3.25. The molecule has 3 rings (SSSR count). The number of rotatable bonds is 1. The number of carbonyl (C=O) groups excluding carboxylic acids is 1. The van der Waals surface area contributed by atoms with Crippen LogP contribution in [0.5, 0.6) is 0 Å². The SMILES string of the molecule is CC1(C)CCN(C(=O)C2CCNc3ccccc32)C1. The number of carbonyl (C=O) groups is 1. The quantitative estimate of drug-likeness (QED) is 0.840. The van der Waals surface area contributed by atoms with Crippen molar-refractivity contribution in [3.63, 3.8) is 0 Å². The second-order valence-corrected chi connectivity index (χ2v) is 6.53. The average molecular weight is 258 g/mol. The molecule has 2 aliphatic heterocycles. The van der Waals surface area contributed by atoms with Gasteiger partial charge >= 0.3 is 0 Å². The van der Waals surface area contributed by atoms with Crippen LogP contribution in [0.15, 0.2) is 24.3 Å². The third kappa shape index (κ3) is 2.34. The molecule has 0 bridgehead atoms. The van der Waals surface area contributed by atoms with Gasteiger partial charge in [-0.25, -0.2) is 0 Å². The van der Waals surface area contributed by atoms with Gasteiger partial charge in [0.25, 0.3) is 0 Å². The second-order valence-electron chi connectivity index (χ2n) is 6.53. The normalized spacial score (nSPS) is 24.7. The van der Waals surface area contributed by atoms with Crippen LogP contribution in [0.4, 0.5) is 5.69 Å². The monoisotopic (exact) mass is 258 g/mol. The third-order valence-electron chi connectivity index (χ3n) is 4.37. The molecule has 102 valence electrons. The molecule has 1 amide bonds. The Morgan fingerprint density at radius 3 is 2.89 bits per heavy atom. The Labute approximate surface area is 115 Å². The summed E-state index contributed by atoms with van der Waals surface area (Å²) in [5.74, 6) is 0.367. The lowest BCUT2D eigenvalue weighted by molar-refractivity contribution is -0.132. The molecule has 19 heavy (non-hydrogen) atoms. The van der Waals surface area contributed by atoms with Gasteiger partial charge in [-0.3, -0.25) is 4.79 Å². The van der Waals surface area contributed by atoms with Crippen molar-refractivity contribution in [3.8, 4) is 0 Å². The van der Waals surface area contributed by atoms with Crippen molar-refractivity contribution in [2.45, 2.75) is 32.6 Å². The Kier molecular flexibility index (Phi) is 3.00. The van der Waals surface area contributed by atoms with Gasteiger partial charge in [0, 0.05) is 25.3 Å². The van der Waals surface area contributed by atoms with E-state index in [2.05, 4.69) is 36.2 Å². The number of nitrogens with one attached hydrogen (secondary N) is 1. The molecule has 1 aromatic carbocycles. The molecule has 1 fully saturated rings. The zero-order valence-corrected chi connectivity index (χ0v) is 11.8. The van der Waals surface area contributed by atoms with Crippen LogP contribution in [0.25, 0.3) is 0 Å². The number of fused-ring (bicyclic) bond motifs is 1. The fourth-order valence-electron chi connectivity index (χ4n) is 3.25. The van der Waals surface area contributed by atoms with Gasteiger partial charge in [0.05, 0.1) is 5.92 Å². The van der Waals surface area contributed by atoms with E-state index < -0.39 is 0 Å². The van der Waals surface area contributed by atoms with E-state index in [1.165, 1.54) is 5.56 Å². The molecular weight excluding hydrogens is 236 g/mol. The van der Waals surface area contributed by atoms with Gasteiger partial charge in [-0.1, -0.05) is 32.0 Å². The van der Waals surface area contributed by atoms with Gasteiger partial charge in [-0.15, -0.1) is 0 Å². The minimum absolute atomic E-state index is 0.0475. The minimum atomic E-state index is 0.0475. The molecule has 1 N–H and O–H groups in total. The molecule has 0 spiro atoms. The zero-order chi connectivity index (χ0) is 13.5. The first-order chi connectivity index (χ1) is 9.07. The zero-order valence-electron chi connectivity index (χ0n) is 11.8. The Bertz CT molecular complexity index is 495. The van der Waals surface area contributed by atoms with Crippen molar-refractivity contribution >= 4 is 11.6 Å². The molecule has 0 aromatic heterocycles.